The van der Waals surface area contributed by atoms with Crippen molar-refractivity contribution in [2.75, 3.05) is 32.8 Å². The molecule has 3 amide bonds. The number of nitrogens with zero attached hydrogens (tertiary/aromatic N) is 2. The molecule has 0 radical (unpaired) electrons. The van der Waals surface area contributed by atoms with E-state index in [9.17, 15) is 14.4 Å². The number of fused-ring (bicyclic) bond motifs is 4. The largest absolute Gasteiger partial charge is 0.492 e. The molecule has 8 nitrogen and oxygen atoms in total. The monoisotopic (exact) mass is 438 g/mol. The maximum absolute atomic E-state index is 13.1. The number of imide groups is 1. The van der Waals surface area contributed by atoms with E-state index in [4.69, 9.17) is 4.74 Å². The topological polar surface area (TPSA) is 91.0 Å². The summed E-state index contributed by atoms with van der Waals surface area (Å²) < 4.78 is 6.28. The highest BCUT2D eigenvalue weighted by Gasteiger charge is 2.48. The molecule has 8 heteroatoms. The van der Waals surface area contributed by atoms with Gasteiger partial charge in [0.1, 0.15) is 11.8 Å². The number of carbonyl (C=O) groups excluding carboxylic acids is 3. The van der Waals surface area contributed by atoms with Crippen LogP contribution in [-0.2, 0) is 21.5 Å². The molecule has 1 atom stereocenters. The van der Waals surface area contributed by atoms with Crippen LogP contribution in [0.25, 0.3) is 0 Å². The van der Waals surface area contributed by atoms with Crippen LogP contribution >= 0.6 is 0 Å². The number of rotatable bonds is 2. The fraction of sp³-hybridized carbons (Fsp3) is 0.625. The Balaban J connectivity index is 1.22. The van der Waals surface area contributed by atoms with E-state index in [2.05, 4.69) is 21.6 Å². The average Bonchev–Trinajstić information content (AvgIpc) is 3.33. The average molecular weight is 439 g/mol. The summed E-state index contributed by atoms with van der Waals surface area (Å²) in [6, 6.07) is 4.12. The standard InChI is InChI=1S/C24H30N4O4/c29-20-4-3-19(22(30)26-20)28-13-17-16(23(28)31)1-2-18-21(17)32-14-24(18)7-11-27(12-8-24)15-5-9-25-10-6-15/h1-2,15,19,25H,3-14H2,(H,26,29,30)/t19-/m0/s1. The fourth-order valence-corrected chi connectivity index (χ4v) is 6.39. The first kappa shape index (κ1) is 20.2. The van der Waals surface area contributed by atoms with Crippen LogP contribution in [-0.4, -0.2) is 72.4 Å². The van der Waals surface area contributed by atoms with Gasteiger partial charge >= 0.3 is 0 Å². The Morgan fingerprint density at radius 1 is 1.03 bits per heavy atom. The van der Waals surface area contributed by atoms with E-state index < -0.39 is 6.04 Å². The highest BCUT2D eigenvalue weighted by molar-refractivity contribution is 6.05. The molecule has 170 valence electrons. The zero-order valence-corrected chi connectivity index (χ0v) is 18.3. The van der Waals surface area contributed by atoms with Crippen LogP contribution in [0.2, 0.25) is 0 Å². The molecular weight excluding hydrogens is 408 g/mol. The molecule has 0 saturated carbocycles. The number of hydrogen-bond acceptors (Lipinski definition) is 6. The lowest BCUT2D eigenvalue weighted by Crippen LogP contribution is -2.52. The molecule has 3 saturated heterocycles. The van der Waals surface area contributed by atoms with Gasteiger partial charge in [-0.1, -0.05) is 6.07 Å². The summed E-state index contributed by atoms with van der Waals surface area (Å²) in [6.45, 7) is 5.45. The quantitative estimate of drug-likeness (QED) is 0.668. The molecule has 0 unspecified atom stereocenters. The predicted octanol–water partition coefficient (Wildman–Crippen LogP) is 0.926. The lowest BCUT2D eigenvalue weighted by atomic mass is 9.73. The van der Waals surface area contributed by atoms with E-state index in [1.54, 1.807) is 4.90 Å². The number of piperidine rings is 3. The third-order valence-corrected chi connectivity index (χ3v) is 8.31. The lowest BCUT2D eigenvalue weighted by molar-refractivity contribution is -0.136. The molecule has 5 heterocycles. The molecule has 0 aromatic heterocycles. The van der Waals surface area contributed by atoms with Crippen LogP contribution in [0.1, 0.15) is 60.0 Å². The van der Waals surface area contributed by atoms with E-state index in [0.29, 0.717) is 31.2 Å². The Bertz CT molecular complexity index is 978. The van der Waals surface area contributed by atoms with Gasteiger partial charge in [0.15, 0.2) is 0 Å². The number of benzene rings is 1. The van der Waals surface area contributed by atoms with Crippen molar-refractivity contribution in [2.45, 2.75) is 62.6 Å². The maximum atomic E-state index is 13.1. The van der Waals surface area contributed by atoms with Gasteiger partial charge in [0.2, 0.25) is 11.8 Å². The molecule has 1 aromatic rings. The highest BCUT2D eigenvalue weighted by atomic mass is 16.5. The van der Waals surface area contributed by atoms with Gasteiger partial charge in [0.05, 0.1) is 13.2 Å². The van der Waals surface area contributed by atoms with Gasteiger partial charge < -0.3 is 19.9 Å². The lowest BCUT2D eigenvalue weighted by Gasteiger charge is -2.43. The zero-order chi connectivity index (χ0) is 21.9. The first-order valence-electron chi connectivity index (χ1n) is 11.9. The summed E-state index contributed by atoms with van der Waals surface area (Å²) in [6.07, 6.45) is 5.25. The van der Waals surface area contributed by atoms with Gasteiger partial charge in [-0.3, -0.25) is 19.7 Å². The number of nitrogens with one attached hydrogen (secondary N) is 2. The van der Waals surface area contributed by atoms with Gasteiger partial charge in [-0.05, 0) is 64.3 Å². The van der Waals surface area contributed by atoms with Crippen molar-refractivity contribution in [1.82, 2.24) is 20.4 Å². The minimum atomic E-state index is -0.591. The second-order valence-electron chi connectivity index (χ2n) is 9.95. The third-order valence-electron chi connectivity index (χ3n) is 8.31. The Morgan fingerprint density at radius 3 is 2.56 bits per heavy atom. The van der Waals surface area contributed by atoms with Gasteiger partial charge in [-0.25, -0.2) is 0 Å². The number of amides is 3. The molecule has 2 N–H and O–H groups in total. The van der Waals surface area contributed by atoms with Crippen LogP contribution in [0.5, 0.6) is 5.75 Å². The van der Waals surface area contributed by atoms with Crippen molar-refractivity contribution >= 4 is 17.7 Å². The fourth-order valence-electron chi connectivity index (χ4n) is 6.39. The molecule has 0 aliphatic carbocycles. The molecule has 1 spiro atoms. The van der Waals surface area contributed by atoms with Crippen molar-refractivity contribution in [3.05, 3.63) is 28.8 Å². The Hall–Kier alpha value is -2.45. The summed E-state index contributed by atoms with van der Waals surface area (Å²) in [4.78, 5) is 41.3. The van der Waals surface area contributed by atoms with Crippen molar-refractivity contribution < 1.29 is 19.1 Å². The van der Waals surface area contributed by atoms with Crippen LogP contribution in [0, 0.1) is 0 Å². The van der Waals surface area contributed by atoms with Crippen LogP contribution in [0.15, 0.2) is 12.1 Å². The van der Waals surface area contributed by atoms with E-state index in [1.165, 1.54) is 18.4 Å². The van der Waals surface area contributed by atoms with Crippen molar-refractivity contribution in [2.24, 2.45) is 0 Å². The predicted molar refractivity (Wildman–Crippen MR) is 116 cm³/mol. The molecule has 6 rings (SSSR count). The first-order valence-corrected chi connectivity index (χ1v) is 11.9. The van der Waals surface area contributed by atoms with Crippen LogP contribution in [0.3, 0.4) is 0 Å². The van der Waals surface area contributed by atoms with Crippen molar-refractivity contribution in [3.8, 4) is 5.75 Å². The zero-order valence-electron chi connectivity index (χ0n) is 18.3. The second kappa shape index (κ2) is 7.56. The molecule has 32 heavy (non-hydrogen) atoms. The van der Waals surface area contributed by atoms with Gasteiger partial charge in [-0.15, -0.1) is 0 Å². The molecular formula is C24H30N4O4. The number of likely N-dealkylation sites (tertiary alicyclic amines) is 1. The molecule has 0 bridgehead atoms. The number of carbonyl (C=O) groups is 3. The van der Waals surface area contributed by atoms with Crippen molar-refractivity contribution in [1.29, 1.82) is 0 Å². The second-order valence-corrected chi connectivity index (χ2v) is 9.95. The van der Waals surface area contributed by atoms with E-state index in [1.807, 2.05) is 6.07 Å². The van der Waals surface area contributed by atoms with Crippen molar-refractivity contribution in [3.63, 3.8) is 0 Å². The van der Waals surface area contributed by atoms with Gasteiger partial charge in [-0.2, -0.15) is 0 Å². The summed E-state index contributed by atoms with van der Waals surface area (Å²) in [5, 5.41) is 5.83. The third kappa shape index (κ3) is 3.07. The van der Waals surface area contributed by atoms with Gasteiger partial charge in [0, 0.05) is 34.6 Å². The highest BCUT2D eigenvalue weighted by Crippen LogP contribution is 2.49. The van der Waals surface area contributed by atoms with E-state index in [0.717, 1.165) is 50.3 Å². The smallest absolute Gasteiger partial charge is 0.255 e. The Labute approximate surface area is 187 Å². The molecule has 5 aliphatic heterocycles. The number of ether oxygens (including phenoxy) is 1. The first-order chi connectivity index (χ1) is 15.6. The minimum absolute atomic E-state index is 0.0267. The normalized spacial score (nSPS) is 27.9. The molecule has 3 fully saturated rings. The minimum Gasteiger partial charge on any atom is -0.492 e. The Morgan fingerprint density at radius 2 is 1.81 bits per heavy atom. The van der Waals surface area contributed by atoms with Gasteiger partial charge in [0.25, 0.3) is 5.91 Å². The Kier molecular flexibility index (Phi) is 4.76. The van der Waals surface area contributed by atoms with Crippen LogP contribution in [0.4, 0.5) is 0 Å². The summed E-state index contributed by atoms with van der Waals surface area (Å²) in [5.41, 5.74) is 2.81. The molecule has 1 aromatic carbocycles. The summed E-state index contributed by atoms with van der Waals surface area (Å²) in [5.74, 6) is 0.0858. The number of hydrogen-bond donors (Lipinski definition) is 2. The molecule has 5 aliphatic rings. The summed E-state index contributed by atoms with van der Waals surface area (Å²) >= 11 is 0. The van der Waals surface area contributed by atoms with E-state index in [-0.39, 0.29) is 29.6 Å². The summed E-state index contributed by atoms with van der Waals surface area (Å²) in [7, 11) is 0. The SMILES string of the molecule is O=C1CC[C@H](N2Cc3c(ccc4c3OCC43CCN(C4CCNCC4)CC3)C2=O)C(=O)N1. The van der Waals surface area contributed by atoms with Crippen LogP contribution < -0.4 is 15.4 Å². The van der Waals surface area contributed by atoms with E-state index >= 15 is 0 Å². The maximum Gasteiger partial charge on any atom is 0.255 e.